The molecule has 0 saturated carbocycles. The molecule has 0 atom stereocenters. The van der Waals surface area contributed by atoms with Crippen molar-refractivity contribution in [2.75, 3.05) is 18.9 Å². The van der Waals surface area contributed by atoms with Gasteiger partial charge in [-0.2, -0.15) is 15.0 Å². The fourth-order valence-corrected chi connectivity index (χ4v) is 1.63. The minimum atomic E-state index is 0.148. The van der Waals surface area contributed by atoms with E-state index < -0.39 is 0 Å². The molecule has 0 bridgehead atoms. The normalized spacial score (nSPS) is 10.3. The molecule has 2 rings (SSSR count). The molecule has 0 saturated heterocycles. The molecule has 0 aliphatic rings. The van der Waals surface area contributed by atoms with Crippen LogP contribution < -0.4 is 15.2 Å². The Morgan fingerprint density at radius 2 is 1.75 bits per heavy atom. The first-order valence-electron chi connectivity index (χ1n) is 6.60. The fourth-order valence-electron chi connectivity index (χ4n) is 1.63. The molecular formula is C14H18N4O2. The van der Waals surface area contributed by atoms with Crippen LogP contribution in [-0.2, 0) is 0 Å². The van der Waals surface area contributed by atoms with Crippen molar-refractivity contribution in [3.8, 4) is 23.1 Å². The summed E-state index contributed by atoms with van der Waals surface area (Å²) in [5.41, 5.74) is 6.52. The Morgan fingerprint density at radius 3 is 2.40 bits per heavy atom. The Morgan fingerprint density at radius 1 is 1.00 bits per heavy atom. The van der Waals surface area contributed by atoms with Crippen LogP contribution >= 0.6 is 0 Å². The van der Waals surface area contributed by atoms with Crippen LogP contribution in [0.3, 0.4) is 0 Å². The molecule has 1 heterocycles. The summed E-state index contributed by atoms with van der Waals surface area (Å²) in [7, 11) is 0. The van der Waals surface area contributed by atoms with Gasteiger partial charge in [-0.15, -0.1) is 0 Å². The third-order valence-corrected chi connectivity index (χ3v) is 2.49. The molecule has 20 heavy (non-hydrogen) atoms. The maximum atomic E-state index is 5.68. The van der Waals surface area contributed by atoms with Crippen LogP contribution in [0.5, 0.6) is 11.8 Å². The Labute approximate surface area is 118 Å². The van der Waals surface area contributed by atoms with Gasteiger partial charge in [0.05, 0.1) is 13.2 Å². The zero-order chi connectivity index (χ0) is 14.4. The van der Waals surface area contributed by atoms with Gasteiger partial charge in [-0.05, 0) is 37.6 Å². The van der Waals surface area contributed by atoms with Crippen molar-refractivity contribution in [1.82, 2.24) is 15.0 Å². The zero-order valence-electron chi connectivity index (χ0n) is 11.7. The standard InChI is InChI=1S/C14H18N4O2/c1-3-9-20-14-17-12(16-13(15)18-14)10-5-7-11(8-6-10)19-4-2/h5-8H,3-4,9H2,1-2H3,(H2,15,16,17,18). The smallest absolute Gasteiger partial charge is 0.321 e. The number of nitrogens with zero attached hydrogens (tertiary/aromatic N) is 3. The number of aromatic nitrogens is 3. The second kappa shape index (κ2) is 6.70. The second-order valence-corrected chi connectivity index (χ2v) is 4.11. The molecule has 106 valence electrons. The molecule has 6 heteroatoms. The average molecular weight is 274 g/mol. The predicted molar refractivity (Wildman–Crippen MR) is 76.6 cm³/mol. The van der Waals surface area contributed by atoms with Crippen molar-refractivity contribution in [3.05, 3.63) is 24.3 Å². The van der Waals surface area contributed by atoms with Crippen molar-refractivity contribution >= 4 is 5.95 Å². The van der Waals surface area contributed by atoms with Crippen molar-refractivity contribution in [2.24, 2.45) is 0 Å². The molecule has 6 nitrogen and oxygen atoms in total. The van der Waals surface area contributed by atoms with Crippen LogP contribution in [-0.4, -0.2) is 28.2 Å². The zero-order valence-corrected chi connectivity index (χ0v) is 11.7. The van der Waals surface area contributed by atoms with Gasteiger partial charge in [0.1, 0.15) is 5.75 Å². The molecule has 0 spiro atoms. The molecule has 1 aromatic carbocycles. The van der Waals surface area contributed by atoms with E-state index in [-0.39, 0.29) is 12.0 Å². The van der Waals surface area contributed by atoms with Crippen LogP contribution in [0, 0.1) is 0 Å². The Balaban J connectivity index is 2.24. The summed E-state index contributed by atoms with van der Waals surface area (Å²) >= 11 is 0. The maximum Gasteiger partial charge on any atom is 0.321 e. The average Bonchev–Trinajstić information content (AvgIpc) is 2.46. The summed E-state index contributed by atoms with van der Waals surface area (Å²) < 4.78 is 10.8. The highest BCUT2D eigenvalue weighted by Gasteiger charge is 2.08. The monoisotopic (exact) mass is 274 g/mol. The molecule has 0 aliphatic carbocycles. The highest BCUT2D eigenvalue weighted by atomic mass is 16.5. The predicted octanol–water partition coefficient (Wildman–Crippen LogP) is 2.31. The van der Waals surface area contributed by atoms with Crippen LogP contribution in [0.4, 0.5) is 5.95 Å². The van der Waals surface area contributed by atoms with Crippen molar-refractivity contribution in [2.45, 2.75) is 20.3 Å². The van der Waals surface area contributed by atoms with Gasteiger partial charge in [0.15, 0.2) is 5.82 Å². The number of ether oxygens (including phenoxy) is 2. The Kier molecular flexibility index (Phi) is 4.70. The second-order valence-electron chi connectivity index (χ2n) is 4.11. The third-order valence-electron chi connectivity index (χ3n) is 2.49. The lowest BCUT2D eigenvalue weighted by atomic mass is 10.2. The fraction of sp³-hybridized carbons (Fsp3) is 0.357. The van der Waals surface area contributed by atoms with Crippen molar-refractivity contribution < 1.29 is 9.47 Å². The summed E-state index contributed by atoms with van der Waals surface area (Å²) in [5, 5.41) is 0. The number of nitrogen functional groups attached to an aromatic ring is 1. The van der Waals surface area contributed by atoms with Crippen LogP contribution in [0.25, 0.3) is 11.4 Å². The van der Waals surface area contributed by atoms with Gasteiger partial charge in [0.2, 0.25) is 5.95 Å². The van der Waals surface area contributed by atoms with E-state index in [2.05, 4.69) is 15.0 Å². The first-order valence-corrected chi connectivity index (χ1v) is 6.60. The van der Waals surface area contributed by atoms with E-state index in [9.17, 15) is 0 Å². The number of benzene rings is 1. The maximum absolute atomic E-state index is 5.68. The van der Waals surface area contributed by atoms with Gasteiger partial charge < -0.3 is 15.2 Å². The topological polar surface area (TPSA) is 83.2 Å². The molecule has 0 unspecified atom stereocenters. The van der Waals surface area contributed by atoms with Crippen molar-refractivity contribution in [3.63, 3.8) is 0 Å². The quantitative estimate of drug-likeness (QED) is 0.870. The first kappa shape index (κ1) is 14.0. The molecule has 0 radical (unpaired) electrons. The highest BCUT2D eigenvalue weighted by molar-refractivity contribution is 5.57. The Bertz CT molecular complexity index is 558. The van der Waals surface area contributed by atoms with Gasteiger partial charge in [0, 0.05) is 5.56 Å². The Hall–Kier alpha value is -2.37. The molecule has 0 fully saturated rings. The number of rotatable bonds is 6. The van der Waals surface area contributed by atoms with E-state index in [1.54, 1.807) is 0 Å². The van der Waals surface area contributed by atoms with E-state index in [0.717, 1.165) is 17.7 Å². The largest absolute Gasteiger partial charge is 0.494 e. The summed E-state index contributed by atoms with van der Waals surface area (Å²) in [4.78, 5) is 12.3. The van der Waals surface area contributed by atoms with Gasteiger partial charge in [0.25, 0.3) is 0 Å². The molecular weight excluding hydrogens is 256 g/mol. The third kappa shape index (κ3) is 3.57. The van der Waals surface area contributed by atoms with Gasteiger partial charge in [-0.25, -0.2) is 0 Å². The van der Waals surface area contributed by atoms with Gasteiger partial charge in [-0.3, -0.25) is 0 Å². The SMILES string of the molecule is CCCOc1nc(N)nc(-c2ccc(OCC)cc2)n1. The number of hydrogen-bond acceptors (Lipinski definition) is 6. The van der Waals surface area contributed by atoms with E-state index in [4.69, 9.17) is 15.2 Å². The summed E-state index contributed by atoms with van der Waals surface area (Å²) in [6.45, 7) is 5.13. The van der Waals surface area contributed by atoms with Gasteiger partial charge >= 0.3 is 6.01 Å². The van der Waals surface area contributed by atoms with E-state index in [0.29, 0.717) is 19.0 Å². The molecule has 2 aromatic rings. The summed E-state index contributed by atoms with van der Waals surface area (Å²) in [6.07, 6.45) is 0.879. The molecule has 0 amide bonds. The van der Waals surface area contributed by atoms with E-state index in [1.807, 2.05) is 38.1 Å². The highest BCUT2D eigenvalue weighted by Crippen LogP contribution is 2.21. The lowest BCUT2D eigenvalue weighted by molar-refractivity contribution is 0.292. The number of hydrogen-bond donors (Lipinski definition) is 1. The molecule has 0 aliphatic heterocycles. The minimum absolute atomic E-state index is 0.148. The van der Waals surface area contributed by atoms with Crippen LogP contribution in [0.1, 0.15) is 20.3 Å². The summed E-state index contributed by atoms with van der Waals surface area (Å²) in [5.74, 6) is 1.45. The van der Waals surface area contributed by atoms with E-state index in [1.165, 1.54) is 0 Å². The lowest BCUT2D eigenvalue weighted by Crippen LogP contribution is -2.05. The van der Waals surface area contributed by atoms with Crippen LogP contribution in [0.2, 0.25) is 0 Å². The van der Waals surface area contributed by atoms with E-state index >= 15 is 0 Å². The molecule has 1 aromatic heterocycles. The van der Waals surface area contributed by atoms with Gasteiger partial charge in [-0.1, -0.05) is 6.92 Å². The minimum Gasteiger partial charge on any atom is -0.494 e. The summed E-state index contributed by atoms with van der Waals surface area (Å²) in [6, 6.07) is 7.74. The first-order chi connectivity index (χ1) is 9.72. The van der Waals surface area contributed by atoms with Crippen LogP contribution in [0.15, 0.2) is 24.3 Å². The number of anilines is 1. The number of nitrogens with two attached hydrogens (primary N) is 1. The molecule has 2 N–H and O–H groups in total. The van der Waals surface area contributed by atoms with Crippen molar-refractivity contribution in [1.29, 1.82) is 0 Å². The lowest BCUT2D eigenvalue weighted by Gasteiger charge is -2.07.